The molecule has 0 fully saturated rings. The van der Waals surface area contributed by atoms with Crippen molar-refractivity contribution < 1.29 is 24.4 Å². The number of nitro groups is 1. The van der Waals surface area contributed by atoms with E-state index >= 15 is 0 Å². The molecule has 0 radical (unpaired) electrons. The van der Waals surface area contributed by atoms with Gasteiger partial charge in [-0.25, -0.2) is 0 Å². The molecule has 0 spiro atoms. The number of hydrogen-bond donors (Lipinski definition) is 1. The highest BCUT2D eigenvalue weighted by atomic mass is 35.5. The number of amides is 1. The quantitative estimate of drug-likeness (QED) is 0.580. The van der Waals surface area contributed by atoms with Gasteiger partial charge in [-0.3, -0.25) is 14.9 Å². The highest BCUT2D eigenvalue weighted by Gasteiger charge is 2.21. The van der Waals surface area contributed by atoms with Crippen LogP contribution in [0.5, 0.6) is 5.75 Å². The summed E-state index contributed by atoms with van der Waals surface area (Å²) in [5, 5.41) is 24.6. The summed E-state index contributed by atoms with van der Waals surface area (Å²) in [6.07, 6.45) is -0.594. The van der Waals surface area contributed by atoms with Crippen molar-refractivity contribution in [3.8, 4) is 5.75 Å². The van der Waals surface area contributed by atoms with Crippen LogP contribution in [0.2, 0.25) is 5.02 Å². The number of methoxy groups -OCH3 is 1. The van der Waals surface area contributed by atoms with Gasteiger partial charge >= 0.3 is 0 Å². The zero-order valence-electron chi connectivity index (χ0n) is 13.6. The average molecular weight is 378 g/mol. The lowest BCUT2D eigenvalue weighted by molar-refractivity contribution is -0.385. The van der Waals surface area contributed by atoms with Crippen molar-refractivity contribution in [2.24, 2.45) is 0 Å². The maximum Gasteiger partial charge on any atom is 0.269 e. The van der Waals surface area contributed by atoms with Gasteiger partial charge in [0.2, 0.25) is 0 Å². The van der Waals surface area contributed by atoms with Gasteiger partial charge in [-0.05, 0) is 30.3 Å². The molecule has 2 aromatic carbocycles. The number of nitrogens with one attached hydrogen (secondary N) is 1. The number of rotatable bonds is 7. The summed E-state index contributed by atoms with van der Waals surface area (Å²) < 4.78 is 5.00. The number of hydrogen-bond acceptors (Lipinski definition) is 6. The lowest BCUT2D eigenvalue weighted by atomic mass is 10.0. The Morgan fingerprint density at radius 2 is 1.88 bits per heavy atom. The number of ether oxygens (including phenoxy) is 1. The van der Waals surface area contributed by atoms with Crippen molar-refractivity contribution in [3.05, 3.63) is 68.7 Å². The van der Waals surface area contributed by atoms with E-state index in [0.717, 1.165) is 6.07 Å². The van der Waals surface area contributed by atoms with Crippen LogP contribution in [0, 0.1) is 10.1 Å². The van der Waals surface area contributed by atoms with Crippen molar-refractivity contribution in [3.63, 3.8) is 0 Å². The Kier molecular flexibility index (Phi) is 6.13. The van der Waals surface area contributed by atoms with Crippen LogP contribution in [-0.4, -0.2) is 23.9 Å². The molecule has 0 aliphatic heterocycles. The molecule has 0 saturated heterocycles. The summed E-state index contributed by atoms with van der Waals surface area (Å²) in [6.45, 7) is 0. The molecule has 0 saturated carbocycles. The maximum atomic E-state index is 12.4. The highest BCUT2D eigenvalue weighted by Crippen LogP contribution is 2.29. The molecule has 136 valence electrons. The number of non-ortho nitro benzene ring substituents is 1. The fourth-order valence-corrected chi connectivity index (χ4v) is 2.55. The predicted octanol–water partition coefficient (Wildman–Crippen LogP) is 1.87. The molecule has 0 aliphatic carbocycles. The van der Waals surface area contributed by atoms with Crippen molar-refractivity contribution >= 4 is 29.2 Å². The van der Waals surface area contributed by atoms with Gasteiger partial charge in [-0.1, -0.05) is 11.6 Å². The second kappa shape index (κ2) is 8.30. The molecule has 0 aliphatic rings. The van der Waals surface area contributed by atoms with Crippen LogP contribution < -0.4 is 15.2 Å². The molecular weight excluding hydrogens is 364 g/mol. The van der Waals surface area contributed by atoms with Gasteiger partial charge in [-0.2, -0.15) is 0 Å². The van der Waals surface area contributed by atoms with Gasteiger partial charge in [0.1, 0.15) is 5.75 Å². The first kappa shape index (κ1) is 19.2. The topological polar surface area (TPSA) is 122 Å². The third-order valence-electron chi connectivity index (χ3n) is 3.59. The highest BCUT2D eigenvalue weighted by molar-refractivity contribution is 6.31. The standard InChI is InChI=1S/C17H15ClN2O6/c1-26-12-5-2-10(3-6-12)17(23)19-15(9-16(21)22)13-8-11(20(24)25)4-7-14(13)18/h2-8,15H,9H2,1H3,(H,19,23)(H,21,22)/p-1/t15-/m0/s1. The Bertz CT molecular complexity index is 838. The Labute approximate surface area is 153 Å². The molecule has 26 heavy (non-hydrogen) atoms. The Morgan fingerprint density at radius 1 is 1.23 bits per heavy atom. The van der Waals surface area contributed by atoms with Crippen LogP contribution in [0.3, 0.4) is 0 Å². The van der Waals surface area contributed by atoms with Gasteiger partial charge in [-0.15, -0.1) is 0 Å². The number of aliphatic carboxylic acids is 1. The van der Waals surface area contributed by atoms with Crippen LogP contribution >= 0.6 is 11.6 Å². The first-order valence-corrected chi connectivity index (χ1v) is 7.78. The number of halogens is 1. The Morgan fingerprint density at radius 3 is 2.42 bits per heavy atom. The van der Waals surface area contributed by atoms with Gasteiger partial charge < -0.3 is 20.0 Å². The molecule has 1 amide bonds. The lowest BCUT2D eigenvalue weighted by Crippen LogP contribution is -2.34. The number of carboxylic acids is 1. The summed E-state index contributed by atoms with van der Waals surface area (Å²) >= 11 is 6.04. The first-order chi connectivity index (χ1) is 12.3. The molecule has 0 heterocycles. The third-order valence-corrected chi connectivity index (χ3v) is 3.94. The molecule has 9 heteroatoms. The van der Waals surface area contributed by atoms with Gasteiger partial charge in [0.05, 0.1) is 18.1 Å². The summed E-state index contributed by atoms with van der Waals surface area (Å²) in [5.74, 6) is -1.45. The maximum absolute atomic E-state index is 12.4. The van der Waals surface area contributed by atoms with E-state index < -0.39 is 29.3 Å². The number of nitro benzene ring substituents is 1. The summed E-state index contributed by atoms with van der Waals surface area (Å²) in [6, 6.07) is 8.64. The third kappa shape index (κ3) is 4.70. The molecule has 8 nitrogen and oxygen atoms in total. The minimum Gasteiger partial charge on any atom is -0.550 e. The molecular formula is C17H14ClN2O6-. The van der Waals surface area contributed by atoms with E-state index in [1.807, 2.05) is 0 Å². The number of carbonyl (C=O) groups is 2. The fourth-order valence-electron chi connectivity index (χ4n) is 2.30. The molecule has 1 atom stereocenters. The SMILES string of the molecule is COc1ccc(C(=O)N[C@@H](CC(=O)[O-])c2cc([N+](=O)[O-])ccc2Cl)cc1. The minimum absolute atomic E-state index is 0.0943. The molecule has 0 bridgehead atoms. The van der Waals surface area contributed by atoms with Gasteiger partial charge in [0.25, 0.3) is 11.6 Å². The second-order valence-corrected chi connectivity index (χ2v) is 5.70. The van der Waals surface area contributed by atoms with Crippen molar-refractivity contribution in [2.75, 3.05) is 7.11 Å². The zero-order chi connectivity index (χ0) is 19.3. The molecule has 0 unspecified atom stereocenters. The van der Waals surface area contributed by atoms with Crippen molar-refractivity contribution in [1.82, 2.24) is 5.32 Å². The minimum atomic E-state index is -1.44. The summed E-state index contributed by atoms with van der Waals surface area (Å²) in [7, 11) is 1.48. The first-order valence-electron chi connectivity index (χ1n) is 7.40. The van der Waals surface area contributed by atoms with Crippen LogP contribution in [0.4, 0.5) is 5.69 Å². The molecule has 2 rings (SSSR count). The second-order valence-electron chi connectivity index (χ2n) is 5.29. The number of carboxylic acid groups (broad SMARTS) is 1. The Hall–Kier alpha value is -3.13. The average Bonchev–Trinajstić information content (AvgIpc) is 2.61. The van der Waals surface area contributed by atoms with E-state index in [1.54, 1.807) is 12.1 Å². The van der Waals surface area contributed by atoms with Crippen LogP contribution in [-0.2, 0) is 4.79 Å². The number of carbonyl (C=O) groups excluding carboxylic acids is 2. The van der Waals surface area contributed by atoms with Crippen molar-refractivity contribution in [2.45, 2.75) is 12.5 Å². The van der Waals surface area contributed by atoms with E-state index in [2.05, 4.69) is 5.32 Å². The normalized spacial score (nSPS) is 11.5. The summed E-state index contributed by atoms with van der Waals surface area (Å²) in [4.78, 5) is 33.8. The van der Waals surface area contributed by atoms with E-state index in [4.69, 9.17) is 16.3 Å². The largest absolute Gasteiger partial charge is 0.550 e. The van der Waals surface area contributed by atoms with E-state index in [-0.39, 0.29) is 21.8 Å². The smallest absolute Gasteiger partial charge is 0.269 e. The zero-order valence-corrected chi connectivity index (χ0v) is 14.4. The van der Waals surface area contributed by atoms with E-state index in [1.165, 1.54) is 31.4 Å². The Balaban J connectivity index is 2.32. The van der Waals surface area contributed by atoms with Crippen LogP contribution in [0.25, 0.3) is 0 Å². The van der Waals surface area contributed by atoms with Gasteiger partial charge in [0.15, 0.2) is 0 Å². The van der Waals surface area contributed by atoms with Crippen molar-refractivity contribution in [1.29, 1.82) is 0 Å². The lowest BCUT2D eigenvalue weighted by Gasteiger charge is -2.21. The fraction of sp³-hybridized carbons (Fsp3) is 0.176. The number of nitrogens with zero attached hydrogens (tertiary/aromatic N) is 1. The monoisotopic (exact) mass is 377 g/mol. The van der Waals surface area contributed by atoms with E-state index in [0.29, 0.717) is 5.75 Å². The van der Waals surface area contributed by atoms with Crippen LogP contribution in [0.1, 0.15) is 28.4 Å². The van der Waals surface area contributed by atoms with Gasteiger partial charge in [0, 0.05) is 40.7 Å². The summed E-state index contributed by atoms with van der Waals surface area (Å²) in [5.41, 5.74) is 0.106. The molecule has 1 N–H and O–H groups in total. The molecule has 2 aromatic rings. The number of benzene rings is 2. The van der Waals surface area contributed by atoms with E-state index in [9.17, 15) is 24.8 Å². The van der Waals surface area contributed by atoms with Crippen LogP contribution in [0.15, 0.2) is 42.5 Å². The predicted molar refractivity (Wildman–Crippen MR) is 90.9 cm³/mol. The molecule has 0 aromatic heterocycles.